The minimum absolute atomic E-state index is 0.00333. The van der Waals surface area contributed by atoms with Crippen LogP contribution < -0.4 is 14.4 Å². The van der Waals surface area contributed by atoms with E-state index in [0.29, 0.717) is 28.0 Å². The number of likely N-dealkylation sites (N-methyl/N-ethyl adjacent to an activating group) is 1. The highest BCUT2D eigenvalue weighted by molar-refractivity contribution is 7.92. The molecule has 0 aliphatic carbocycles. The van der Waals surface area contributed by atoms with Crippen molar-refractivity contribution in [1.82, 2.24) is 10.2 Å². The second kappa shape index (κ2) is 13.0. The van der Waals surface area contributed by atoms with E-state index in [-0.39, 0.29) is 17.1 Å². The van der Waals surface area contributed by atoms with Crippen LogP contribution in [0, 0.1) is 0 Å². The topological polar surface area (TPSA) is 96.0 Å². The largest absolute Gasteiger partial charge is 0.492 e. The van der Waals surface area contributed by atoms with Gasteiger partial charge in [0.05, 0.1) is 27.2 Å². The van der Waals surface area contributed by atoms with Crippen LogP contribution in [-0.4, -0.2) is 51.4 Å². The Kier molecular flexibility index (Phi) is 10.0. The zero-order valence-corrected chi connectivity index (χ0v) is 23.6. The predicted octanol–water partition coefficient (Wildman–Crippen LogP) is 4.75. The van der Waals surface area contributed by atoms with E-state index in [1.165, 1.54) is 24.1 Å². The van der Waals surface area contributed by atoms with E-state index in [4.69, 9.17) is 27.9 Å². The quantitative estimate of drug-likeness (QED) is 0.354. The van der Waals surface area contributed by atoms with Crippen LogP contribution in [0.5, 0.6) is 5.75 Å². The highest BCUT2D eigenvalue weighted by Gasteiger charge is 2.33. The molecule has 1 atom stereocenters. The number of nitrogens with zero attached hydrogens (tertiary/aromatic N) is 2. The smallest absolute Gasteiger partial charge is 0.264 e. The lowest BCUT2D eigenvalue weighted by Gasteiger charge is -2.32. The van der Waals surface area contributed by atoms with E-state index in [1.807, 2.05) is 0 Å². The van der Waals surface area contributed by atoms with Crippen molar-refractivity contribution in [2.24, 2.45) is 0 Å². The van der Waals surface area contributed by atoms with Crippen molar-refractivity contribution in [2.45, 2.75) is 31.3 Å². The van der Waals surface area contributed by atoms with E-state index in [2.05, 4.69) is 5.32 Å². The number of halogens is 2. The van der Waals surface area contributed by atoms with E-state index < -0.39 is 34.4 Å². The lowest BCUT2D eigenvalue weighted by molar-refractivity contribution is -0.139. The first kappa shape index (κ1) is 29.3. The minimum Gasteiger partial charge on any atom is -0.492 e. The SMILES string of the molecule is CCOc1ccccc1N(CC(=O)N(Cc1ccc(Cl)c(Cl)c1)[C@H](C)C(=O)NC)S(=O)(=O)c1ccccc1. The van der Waals surface area contributed by atoms with Crippen LogP contribution in [0.25, 0.3) is 0 Å². The summed E-state index contributed by atoms with van der Waals surface area (Å²) in [7, 11) is -2.73. The molecular weight excluding hydrogens is 549 g/mol. The van der Waals surface area contributed by atoms with Crippen LogP contribution in [0.3, 0.4) is 0 Å². The lowest BCUT2D eigenvalue weighted by Crippen LogP contribution is -2.50. The van der Waals surface area contributed by atoms with Crippen molar-refractivity contribution in [3.63, 3.8) is 0 Å². The molecule has 3 rings (SSSR count). The first-order valence-corrected chi connectivity index (χ1v) is 14.0. The van der Waals surface area contributed by atoms with Crippen LogP contribution >= 0.6 is 23.2 Å². The number of hydrogen-bond donors (Lipinski definition) is 1. The second-order valence-corrected chi connectivity index (χ2v) is 11.0. The van der Waals surface area contributed by atoms with Gasteiger partial charge in [-0.1, -0.05) is 59.6 Å². The fourth-order valence-corrected chi connectivity index (χ4v) is 5.57. The lowest BCUT2D eigenvalue weighted by atomic mass is 10.1. The predicted molar refractivity (Wildman–Crippen MR) is 149 cm³/mol. The van der Waals surface area contributed by atoms with Gasteiger partial charge in [0.15, 0.2) is 0 Å². The number of sulfonamides is 1. The van der Waals surface area contributed by atoms with Gasteiger partial charge in [-0.25, -0.2) is 8.42 Å². The number of para-hydroxylation sites is 2. The average Bonchev–Trinajstić information content (AvgIpc) is 2.92. The van der Waals surface area contributed by atoms with Crippen molar-refractivity contribution in [2.75, 3.05) is 24.5 Å². The summed E-state index contributed by atoms with van der Waals surface area (Å²) in [6, 6.07) is 18.4. The van der Waals surface area contributed by atoms with Crippen LogP contribution in [0.4, 0.5) is 5.69 Å². The molecule has 0 fully saturated rings. The third-order valence-electron chi connectivity index (χ3n) is 5.79. The normalized spacial score (nSPS) is 11.9. The van der Waals surface area contributed by atoms with Crippen LogP contribution in [-0.2, 0) is 26.2 Å². The molecule has 0 radical (unpaired) electrons. The molecule has 0 aromatic heterocycles. The van der Waals surface area contributed by atoms with Gasteiger partial charge in [-0.15, -0.1) is 0 Å². The van der Waals surface area contributed by atoms with E-state index in [0.717, 1.165) is 4.31 Å². The maximum atomic E-state index is 13.8. The van der Waals surface area contributed by atoms with Crippen molar-refractivity contribution < 1.29 is 22.7 Å². The number of amides is 2. The fourth-order valence-electron chi connectivity index (χ4n) is 3.80. The Balaban J connectivity index is 2.08. The van der Waals surface area contributed by atoms with Crippen LogP contribution in [0.15, 0.2) is 77.7 Å². The van der Waals surface area contributed by atoms with Gasteiger partial charge >= 0.3 is 0 Å². The van der Waals surface area contributed by atoms with Gasteiger partial charge in [-0.2, -0.15) is 0 Å². The molecule has 3 aromatic carbocycles. The summed E-state index contributed by atoms with van der Waals surface area (Å²) in [5.74, 6) is -0.707. The molecule has 0 aliphatic rings. The summed E-state index contributed by atoms with van der Waals surface area (Å²) >= 11 is 12.2. The third kappa shape index (κ3) is 6.78. The summed E-state index contributed by atoms with van der Waals surface area (Å²) in [5.41, 5.74) is 0.823. The fraction of sp³-hybridized carbons (Fsp3) is 0.259. The summed E-state index contributed by atoms with van der Waals surface area (Å²) < 4.78 is 34.4. The summed E-state index contributed by atoms with van der Waals surface area (Å²) in [5, 5.41) is 3.18. The van der Waals surface area contributed by atoms with Gasteiger partial charge in [-0.3, -0.25) is 13.9 Å². The maximum absolute atomic E-state index is 13.8. The van der Waals surface area contributed by atoms with Crippen molar-refractivity contribution in [3.8, 4) is 5.75 Å². The summed E-state index contributed by atoms with van der Waals surface area (Å²) in [6.07, 6.45) is 0. The molecule has 38 heavy (non-hydrogen) atoms. The standard InChI is InChI=1S/C27H29Cl2N3O5S/c1-4-37-25-13-9-8-12-24(25)32(38(35,36)21-10-6-5-7-11-21)18-26(33)31(19(2)27(34)30-3)17-20-14-15-22(28)23(29)16-20/h5-16,19H,4,17-18H2,1-3H3,(H,30,34)/t19-/m1/s1. The maximum Gasteiger partial charge on any atom is 0.264 e. The van der Waals surface area contributed by atoms with Gasteiger partial charge in [0.1, 0.15) is 18.3 Å². The molecule has 1 N–H and O–H groups in total. The van der Waals surface area contributed by atoms with E-state index >= 15 is 0 Å². The van der Waals surface area contributed by atoms with Gasteiger partial charge in [0, 0.05) is 13.6 Å². The van der Waals surface area contributed by atoms with Crippen molar-refractivity contribution in [3.05, 3.63) is 88.4 Å². The Morgan fingerprint density at radius 3 is 2.26 bits per heavy atom. The minimum atomic E-state index is -4.19. The molecule has 0 saturated heterocycles. The number of carbonyl (C=O) groups excluding carboxylic acids is 2. The molecule has 0 aliphatic heterocycles. The number of anilines is 1. The summed E-state index contributed by atoms with van der Waals surface area (Å²) in [4.78, 5) is 27.7. The molecule has 202 valence electrons. The number of hydrogen-bond acceptors (Lipinski definition) is 5. The Morgan fingerprint density at radius 1 is 0.974 bits per heavy atom. The monoisotopic (exact) mass is 577 g/mol. The molecule has 0 spiro atoms. The molecule has 11 heteroatoms. The Labute approximate surface area is 233 Å². The molecule has 8 nitrogen and oxygen atoms in total. The van der Waals surface area contributed by atoms with Crippen molar-refractivity contribution >= 4 is 50.7 Å². The van der Waals surface area contributed by atoms with Crippen LogP contribution in [0.1, 0.15) is 19.4 Å². The summed E-state index contributed by atoms with van der Waals surface area (Å²) in [6.45, 7) is 3.06. The van der Waals surface area contributed by atoms with E-state index in [9.17, 15) is 18.0 Å². The number of ether oxygens (including phenoxy) is 1. The first-order chi connectivity index (χ1) is 18.1. The Hall–Kier alpha value is -3.27. The third-order valence-corrected chi connectivity index (χ3v) is 8.31. The zero-order chi connectivity index (χ0) is 27.9. The second-order valence-electron chi connectivity index (χ2n) is 8.29. The molecule has 3 aromatic rings. The van der Waals surface area contributed by atoms with Crippen LogP contribution in [0.2, 0.25) is 10.0 Å². The number of nitrogens with one attached hydrogen (secondary N) is 1. The number of benzene rings is 3. The molecule has 0 bridgehead atoms. The molecule has 0 unspecified atom stereocenters. The zero-order valence-electron chi connectivity index (χ0n) is 21.2. The Bertz CT molecular complexity index is 1390. The van der Waals surface area contributed by atoms with Gasteiger partial charge in [0.25, 0.3) is 10.0 Å². The van der Waals surface area contributed by atoms with Gasteiger partial charge in [0.2, 0.25) is 11.8 Å². The highest BCUT2D eigenvalue weighted by atomic mass is 35.5. The molecule has 2 amide bonds. The highest BCUT2D eigenvalue weighted by Crippen LogP contribution is 2.33. The average molecular weight is 579 g/mol. The number of carbonyl (C=O) groups is 2. The van der Waals surface area contributed by atoms with Crippen molar-refractivity contribution in [1.29, 1.82) is 0 Å². The van der Waals surface area contributed by atoms with E-state index in [1.54, 1.807) is 74.5 Å². The first-order valence-electron chi connectivity index (χ1n) is 11.8. The Morgan fingerprint density at radius 2 is 1.63 bits per heavy atom. The molecule has 0 saturated carbocycles. The van der Waals surface area contributed by atoms with Gasteiger partial charge < -0.3 is 15.0 Å². The molecular formula is C27H29Cl2N3O5S. The van der Waals surface area contributed by atoms with Gasteiger partial charge in [-0.05, 0) is 55.8 Å². The number of rotatable bonds is 11. The molecule has 0 heterocycles.